The molecule has 0 aromatic heterocycles. The maximum Gasteiger partial charge on any atom is 0.216 e. The number of rotatable bonds is 5. The van der Waals surface area contributed by atoms with Crippen LogP contribution in [0, 0.1) is 5.82 Å². The number of ether oxygens (including phenoxy) is 1. The number of carbonyl (C=O) groups is 1. The predicted molar refractivity (Wildman–Crippen MR) is 55.2 cm³/mol. The third-order valence-electron chi connectivity index (χ3n) is 1.78. The third kappa shape index (κ3) is 5.00. The lowest BCUT2D eigenvalue weighted by molar-refractivity contribution is -0.118. The summed E-state index contributed by atoms with van der Waals surface area (Å²) in [6.45, 7) is 2.57. The van der Waals surface area contributed by atoms with E-state index in [1.54, 1.807) is 12.1 Å². The Kier molecular flexibility index (Phi) is 4.60. The van der Waals surface area contributed by atoms with E-state index in [0.29, 0.717) is 18.9 Å². The highest BCUT2D eigenvalue weighted by molar-refractivity contribution is 5.72. The van der Waals surface area contributed by atoms with Gasteiger partial charge in [0.1, 0.15) is 11.6 Å². The number of amides is 1. The molecule has 4 heteroatoms. The fourth-order valence-electron chi connectivity index (χ4n) is 1.06. The standard InChI is InChI=1S/C11H14FNO2/c1-9(14)13-7-2-8-15-11-5-3-10(12)4-6-11/h3-6H,2,7-8H2,1H3,(H,13,14). The second-order valence-electron chi connectivity index (χ2n) is 3.14. The molecule has 82 valence electrons. The Bertz CT molecular complexity index is 311. The molecule has 0 atom stereocenters. The van der Waals surface area contributed by atoms with E-state index < -0.39 is 0 Å². The smallest absolute Gasteiger partial charge is 0.216 e. The summed E-state index contributed by atoms with van der Waals surface area (Å²) in [5.74, 6) is 0.316. The first-order valence-corrected chi connectivity index (χ1v) is 4.81. The fourth-order valence-corrected chi connectivity index (χ4v) is 1.06. The van der Waals surface area contributed by atoms with Gasteiger partial charge in [0, 0.05) is 13.5 Å². The first-order valence-electron chi connectivity index (χ1n) is 4.81. The van der Waals surface area contributed by atoms with Crippen LogP contribution >= 0.6 is 0 Å². The van der Waals surface area contributed by atoms with Crippen molar-refractivity contribution in [2.75, 3.05) is 13.2 Å². The first-order chi connectivity index (χ1) is 7.18. The van der Waals surface area contributed by atoms with Gasteiger partial charge >= 0.3 is 0 Å². The van der Waals surface area contributed by atoms with Gasteiger partial charge in [-0.15, -0.1) is 0 Å². The molecule has 0 fully saturated rings. The Labute approximate surface area is 88.2 Å². The van der Waals surface area contributed by atoms with Crippen LogP contribution in [0.15, 0.2) is 24.3 Å². The van der Waals surface area contributed by atoms with Gasteiger partial charge in [-0.05, 0) is 30.7 Å². The first kappa shape index (κ1) is 11.5. The number of hydrogen-bond acceptors (Lipinski definition) is 2. The molecule has 0 saturated heterocycles. The van der Waals surface area contributed by atoms with Gasteiger partial charge in [-0.25, -0.2) is 4.39 Å². The van der Waals surface area contributed by atoms with Crippen molar-refractivity contribution in [3.8, 4) is 5.75 Å². The van der Waals surface area contributed by atoms with Crippen molar-refractivity contribution in [2.45, 2.75) is 13.3 Å². The van der Waals surface area contributed by atoms with Crippen molar-refractivity contribution in [3.63, 3.8) is 0 Å². The lowest BCUT2D eigenvalue weighted by Gasteiger charge is -2.05. The number of nitrogens with one attached hydrogen (secondary N) is 1. The SMILES string of the molecule is CC(=O)NCCCOc1ccc(F)cc1. The largest absolute Gasteiger partial charge is 0.494 e. The van der Waals surface area contributed by atoms with E-state index in [2.05, 4.69) is 5.32 Å². The zero-order valence-electron chi connectivity index (χ0n) is 8.63. The van der Waals surface area contributed by atoms with E-state index in [1.165, 1.54) is 19.1 Å². The molecular weight excluding hydrogens is 197 g/mol. The summed E-state index contributed by atoms with van der Waals surface area (Å²) in [5.41, 5.74) is 0. The molecule has 15 heavy (non-hydrogen) atoms. The second-order valence-corrected chi connectivity index (χ2v) is 3.14. The fraction of sp³-hybridized carbons (Fsp3) is 0.364. The Morgan fingerprint density at radius 1 is 1.40 bits per heavy atom. The van der Waals surface area contributed by atoms with E-state index in [1.807, 2.05) is 0 Å². The molecule has 3 nitrogen and oxygen atoms in total. The van der Waals surface area contributed by atoms with E-state index in [-0.39, 0.29) is 11.7 Å². The second kappa shape index (κ2) is 6.01. The van der Waals surface area contributed by atoms with Crippen molar-refractivity contribution >= 4 is 5.91 Å². The molecular formula is C11H14FNO2. The van der Waals surface area contributed by atoms with Crippen LogP contribution in [0.2, 0.25) is 0 Å². The van der Waals surface area contributed by atoms with Gasteiger partial charge in [0.05, 0.1) is 6.61 Å². The molecule has 1 aromatic rings. The number of benzene rings is 1. The molecule has 0 radical (unpaired) electrons. The molecule has 0 spiro atoms. The zero-order valence-corrected chi connectivity index (χ0v) is 8.63. The predicted octanol–water partition coefficient (Wildman–Crippen LogP) is 1.73. The Hall–Kier alpha value is -1.58. The summed E-state index contributed by atoms with van der Waals surface area (Å²) in [6, 6.07) is 5.85. The van der Waals surface area contributed by atoms with Gasteiger partial charge < -0.3 is 10.1 Å². The van der Waals surface area contributed by atoms with Crippen LogP contribution in [0.5, 0.6) is 5.75 Å². The van der Waals surface area contributed by atoms with Crippen LogP contribution in [0.3, 0.4) is 0 Å². The summed E-state index contributed by atoms with van der Waals surface area (Å²) in [7, 11) is 0. The van der Waals surface area contributed by atoms with Crippen LogP contribution in [0.4, 0.5) is 4.39 Å². The Morgan fingerprint density at radius 3 is 2.67 bits per heavy atom. The summed E-state index contributed by atoms with van der Waals surface area (Å²) < 4.78 is 17.8. The minimum atomic E-state index is -0.277. The highest BCUT2D eigenvalue weighted by Crippen LogP contribution is 2.10. The topological polar surface area (TPSA) is 38.3 Å². The lowest BCUT2D eigenvalue weighted by Crippen LogP contribution is -2.22. The maximum atomic E-state index is 12.5. The molecule has 0 bridgehead atoms. The molecule has 1 rings (SSSR count). The molecule has 0 saturated carbocycles. The average Bonchev–Trinajstić information content (AvgIpc) is 2.20. The number of halogens is 1. The van der Waals surface area contributed by atoms with Crippen molar-refractivity contribution in [1.29, 1.82) is 0 Å². The molecule has 0 aliphatic rings. The highest BCUT2D eigenvalue weighted by atomic mass is 19.1. The monoisotopic (exact) mass is 211 g/mol. The van der Waals surface area contributed by atoms with Gasteiger partial charge in [0.15, 0.2) is 0 Å². The van der Waals surface area contributed by atoms with Crippen LogP contribution in [-0.4, -0.2) is 19.1 Å². The minimum Gasteiger partial charge on any atom is -0.494 e. The van der Waals surface area contributed by atoms with Crippen LogP contribution in [0.1, 0.15) is 13.3 Å². The normalized spacial score (nSPS) is 9.73. The van der Waals surface area contributed by atoms with Crippen molar-refractivity contribution < 1.29 is 13.9 Å². The minimum absolute atomic E-state index is 0.0446. The van der Waals surface area contributed by atoms with Crippen molar-refractivity contribution in [1.82, 2.24) is 5.32 Å². The highest BCUT2D eigenvalue weighted by Gasteiger charge is 1.95. The van der Waals surface area contributed by atoms with Crippen LogP contribution < -0.4 is 10.1 Å². The molecule has 1 aromatic carbocycles. The summed E-state index contributed by atoms with van der Waals surface area (Å²) in [5, 5.41) is 2.66. The van der Waals surface area contributed by atoms with Gasteiger partial charge in [0.25, 0.3) is 0 Å². The van der Waals surface area contributed by atoms with Crippen molar-refractivity contribution in [2.24, 2.45) is 0 Å². The maximum absolute atomic E-state index is 12.5. The van der Waals surface area contributed by atoms with Crippen molar-refractivity contribution in [3.05, 3.63) is 30.1 Å². The zero-order chi connectivity index (χ0) is 11.1. The van der Waals surface area contributed by atoms with E-state index in [9.17, 15) is 9.18 Å². The molecule has 0 unspecified atom stereocenters. The molecule has 1 N–H and O–H groups in total. The summed E-state index contributed by atoms with van der Waals surface area (Å²) >= 11 is 0. The lowest BCUT2D eigenvalue weighted by atomic mass is 10.3. The van der Waals surface area contributed by atoms with Gasteiger partial charge in [-0.2, -0.15) is 0 Å². The van der Waals surface area contributed by atoms with Crippen LogP contribution in [0.25, 0.3) is 0 Å². The summed E-state index contributed by atoms with van der Waals surface area (Å²) in [6.07, 6.45) is 0.733. The molecule has 0 aliphatic heterocycles. The van der Waals surface area contributed by atoms with Gasteiger partial charge in [0.2, 0.25) is 5.91 Å². The number of carbonyl (C=O) groups excluding carboxylic acids is 1. The van der Waals surface area contributed by atoms with E-state index in [0.717, 1.165) is 6.42 Å². The Balaban J connectivity index is 2.15. The van der Waals surface area contributed by atoms with Crippen LogP contribution in [-0.2, 0) is 4.79 Å². The quantitative estimate of drug-likeness (QED) is 0.753. The molecule has 1 amide bonds. The third-order valence-corrected chi connectivity index (χ3v) is 1.78. The van der Waals surface area contributed by atoms with E-state index in [4.69, 9.17) is 4.74 Å². The average molecular weight is 211 g/mol. The number of hydrogen-bond donors (Lipinski definition) is 1. The van der Waals surface area contributed by atoms with E-state index >= 15 is 0 Å². The van der Waals surface area contributed by atoms with Gasteiger partial charge in [-0.1, -0.05) is 0 Å². The Morgan fingerprint density at radius 2 is 2.07 bits per heavy atom. The molecule has 0 aliphatic carbocycles. The molecule has 0 heterocycles. The van der Waals surface area contributed by atoms with Gasteiger partial charge in [-0.3, -0.25) is 4.79 Å². The summed E-state index contributed by atoms with van der Waals surface area (Å²) in [4.78, 5) is 10.5.